The molecule has 0 N–H and O–H groups in total. The highest BCUT2D eigenvalue weighted by molar-refractivity contribution is 5.82. The Balaban J connectivity index is 2.51. The fraction of sp³-hybridized carbons (Fsp3) is 0.913. The lowest BCUT2D eigenvalue weighted by Crippen LogP contribution is -2.35. The maximum absolute atomic E-state index is 12.7. The van der Waals surface area contributed by atoms with Gasteiger partial charge in [0, 0.05) is 0 Å². The van der Waals surface area contributed by atoms with Crippen LogP contribution in [-0.2, 0) is 19.1 Å². The second-order valence-corrected chi connectivity index (χ2v) is 8.63. The minimum atomic E-state index is -0.317. The molecule has 4 heteroatoms. The number of hydrogen-bond donors (Lipinski definition) is 0. The molecule has 0 aromatic carbocycles. The highest BCUT2D eigenvalue weighted by Gasteiger charge is 2.38. The van der Waals surface area contributed by atoms with E-state index in [2.05, 4.69) is 27.7 Å². The van der Waals surface area contributed by atoms with Crippen LogP contribution in [0.25, 0.3) is 0 Å². The second-order valence-electron chi connectivity index (χ2n) is 8.63. The number of rotatable bonds is 13. The van der Waals surface area contributed by atoms with Gasteiger partial charge in [-0.05, 0) is 43.9 Å². The molecular weight excluding hydrogens is 340 g/mol. The molecule has 3 atom stereocenters. The molecule has 0 amide bonds. The normalized spacial score (nSPS) is 21.1. The Bertz CT molecular complexity index is 419. The van der Waals surface area contributed by atoms with Gasteiger partial charge in [0.05, 0.1) is 25.0 Å². The van der Waals surface area contributed by atoms with Crippen LogP contribution in [0.2, 0.25) is 0 Å². The van der Waals surface area contributed by atoms with Crippen LogP contribution < -0.4 is 0 Å². The zero-order valence-corrected chi connectivity index (χ0v) is 18.1. The lowest BCUT2D eigenvalue weighted by molar-refractivity contribution is -0.163. The number of ether oxygens (including phenoxy) is 2. The smallest absolute Gasteiger partial charge is 0.309 e. The lowest BCUT2D eigenvalue weighted by Gasteiger charge is -2.29. The van der Waals surface area contributed by atoms with Crippen molar-refractivity contribution >= 4 is 11.9 Å². The number of carbonyl (C=O) groups is 2. The molecule has 0 bridgehead atoms. The van der Waals surface area contributed by atoms with Gasteiger partial charge in [0.25, 0.3) is 0 Å². The number of carbonyl (C=O) groups excluding carboxylic acids is 2. The molecule has 27 heavy (non-hydrogen) atoms. The third-order valence-corrected chi connectivity index (χ3v) is 5.69. The molecule has 0 spiro atoms. The van der Waals surface area contributed by atoms with Crippen molar-refractivity contribution < 1.29 is 19.1 Å². The number of hydrogen-bond acceptors (Lipinski definition) is 4. The Kier molecular flexibility index (Phi) is 12.4. The highest BCUT2D eigenvalue weighted by atomic mass is 16.5. The summed E-state index contributed by atoms with van der Waals surface area (Å²) < 4.78 is 11.2. The molecule has 0 aromatic rings. The molecule has 0 aliphatic heterocycles. The molecule has 4 nitrogen and oxygen atoms in total. The van der Waals surface area contributed by atoms with Crippen LogP contribution in [0.4, 0.5) is 0 Å². The predicted octanol–water partition coefficient (Wildman–Crippen LogP) is 5.92. The minimum absolute atomic E-state index is 0.183. The Morgan fingerprint density at radius 2 is 1.48 bits per heavy atom. The van der Waals surface area contributed by atoms with Gasteiger partial charge in [0.2, 0.25) is 0 Å². The Hall–Kier alpha value is -1.06. The van der Waals surface area contributed by atoms with Gasteiger partial charge in [-0.2, -0.15) is 0 Å². The van der Waals surface area contributed by atoms with Crippen molar-refractivity contribution in [2.45, 2.75) is 98.3 Å². The number of unbranched alkanes of at least 4 members (excludes halogenated alkanes) is 2. The van der Waals surface area contributed by atoms with E-state index in [4.69, 9.17) is 9.47 Å². The molecular formula is C23H42O4. The SMILES string of the molecule is CCCCCC(CCC)COC(=O)C1CCCCC1C(=O)OCCC(C)C. The van der Waals surface area contributed by atoms with Gasteiger partial charge in [0.15, 0.2) is 0 Å². The predicted molar refractivity (Wildman–Crippen MR) is 109 cm³/mol. The van der Waals surface area contributed by atoms with Gasteiger partial charge >= 0.3 is 11.9 Å². The second kappa shape index (κ2) is 14.0. The Morgan fingerprint density at radius 3 is 2.04 bits per heavy atom. The van der Waals surface area contributed by atoms with E-state index in [1.807, 2.05) is 0 Å². The van der Waals surface area contributed by atoms with Gasteiger partial charge in [-0.25, -0.2) is 0 Å². The highest BCUT2D eigenvalue weighted by Crippen LogP contribution is 2.32. The standard InChI is InChI=1S/C23H42O4/c1-5-7-8-12-19(11-6-2)17-27-23(25)21-14-10-9-13-20(21)22(24)26-16-15-18(3)4/h18-21H,5-17H2,1-4H3. The summed E-state index contributed by atoms with van der Waals surface area (Å²) in [6, 6.07) is 0. The third kappa shape index (κ3) is 9.62. The average Bonchev–Trinajstić information content (AvgIpc) is 2.65. The van der Waals surface area contributed by atoms with E-state index in [-0.39, 0.29) is 23.8 Å². The summed E-state index contributed by atoms with van der Waals surface area (Å²) in [5.41, 5.74) is 0. The molecule has 3 unspecified atom stereocenters. The summed E-state index contributed by atoms with van der Waals surface area (Å²) in [6.45, 7) is 9.56. The van der Waals surface area contributed by atoms with Crippen molar-refractivity contribution in [3.8, 4) is 0 Å². The molecule has 0 heterocycles. The van der Waals surface area contributed by atoms with E-state index >= 15 is 0 Å². The first kappa shape index (κ1) is 24.0. The first-order valence-corrected chi connectivity index (χ1v) is 11.3. The summed E-state index contributed by atoms with van der Waals surface area (Å²) in [5, 5.41) is 0. The molecule has 1 fully saturated rings. The van der Waals surface area contributed by atoms with Gasteiger partial charge in [-0.1, -0.05) is 66.2 Å². The number of esters is 2. The zero-order valence-electron chi connectivity index (χ0n) is 18.1. The van der Waals surface area contributed by atoms with E-state index < -0.39 is 0 Å². The van der Waals surface area contributed by atoms with E-state index in [9.17, 15) is 9.59 Å². The van der Waals surface area contributed by atoms with Gasteiger partial charge in [0.1, 0.15) is 0 Å². The summed E-state index contributed by atoms with van der Waals surface area (Å²) in [6.07, 6.45) is 11.3. The maximum atomic E-state index is 12.7. The quantitative estimate of drug-likeness (QED) is 0.293. The fourth-order valence-corrected chi connectivity index (χ4v) is 3.91. The van der Waals surface area contributed by atoms with Crippen molar-refractivity contribution in [3.05, 3.63) is 0 Å². The van der Waals surface area contributed by atoms with Crippen molar-refractivity contribution in [2.75, 3.05) is 13.2 Å². The van der Waals surface area contributed by atoms with Crippen LogP contribution in [0.5, 0.6) is 0 Å². The summed E-state index contributed by atoms with van der Waals surface area (Å²) in [4.78, 5) is 25.2. The van der Waals surface area contributed by atoms with E-state index in [0.29, 0.717) is 25.0 Å². The first-order chi connectivity index (χ1) is 13.0. The maximum Gasteiger partial charge on any atom is 0.309 e. The van der Waals surface area contributed by atoms with E-state index in [0.717, 1.165) is 51.4 Å². The molecule has 0 saturated heterocycles. The zero-order chi connectivity index (χ0) is 20.1. The van der Waals surface area contributed by atoms with Crippen molar-refractivity contribution in [2.24, 2.45) is 23.7 Å². The first-order valence-electron chi connectivity index (χ1n) is 11.3. The van der Waals surface area contributed by atoms with Crippen molar-refractivity contribution in [1.29, 1.82) is 0 Å². The molecule has 1 aliphatic carbocycles. The van der Waals surface area contributed by atoms with Crippen LogP contribution in [0.1, 0.15) is 98.3 Å². The lowest BCUT2D eigenvalue weighted by atomic mass is 9.79. The summed E-state index contributed by atoms with van der Waals surface area (Å²) in [7, 11) is 0. The summed E-state index contributed by atoms with van der Waals surface area (Å²) >= 11 is 0. The Labute approximate surface area is 166 Å². The Morgan fingerprint density at radius 1 is 0.852 bits per heavy atom. The van der Waals surface area contributed by atoms with Crippen LogP contribution in [0, 0.1) is 23.7 Å². The average molecular weight is 383 g/mol. The van der Waals surface area contributed by atoms with Crippen molar-refractivity contribution in [3.63, 3.8) is 0 Å². The minimum Gasteiger partial charge on any atom is -0.465 e. The third-order valence-electron chi connectivity index (χ3n) is 5.69. The van der Waals surface area contributed by atoms with Crippen LogP contribution in [0.3, 0.4) is 0 Å². The molecule has 0 radical (unpaired) electrons. The molecule has 0 aromatic heterocycles. The van der Waals surface area contributed by atoms with Gasteiger partial charge < -0.3 is 9.47 Å². The van der Waals surface area contributed by atoms with E-state index in [1.165, 1.54) is 19.3 Å². The monoisotopic (exact) mass is 382 g/mol. The fourth-order valence-electron chi connectivity index (χ4n) is 3.91. The summed E-state index contributed by atoms with van der Waals surface area (Å²) in [5.74, 6) is -0.0625. The van der Waals surface area contributed by atoms with Crippen LogP contribution >= 0.6 is 0 Å². The molecule has 158 valence electrons. The topological polar surface area (TPSA) is 52.6 Å². The van der Waals surface area contributed by atoms with Crippen LogP contribution in [-0.4, -0.2) is 25.2 Å². The molecule has 1 rings (SSSR count). The van der Waals surface area contributed by atoms with Crippen molar-refractivity contribution in [1.82, 2.24) is 0 Å². The molecule has 1 aliphatic rings. The van der Waals surface area contributed by atoms with Gasteiger partial charge in [-0.3, -0.25) is 9.59 Å². The largest absolute Gasteiger partial charge is 0.465 e. The van der Waals surface area contributed by atoms with Crippen LogP contribution in [0.15, 0.2) is 0 Å². The van der Waals surface area contributed by atoms with E-state index in [1.54, 1.807) is 0 Å². The van der Waals surface area contributed by atoms with Gasteiger partial charge in [-0.15, -0.1) is 0 Å². The molecule has 1 saturated carbocycles.